The quantitative estimate of drug-likeness (QED) is 0.359. The van der Waals surface area contributed by atoms with Crippen molar-refractivity contribution in [1.29, 1.82) is 5.26 Å². The smallest absolute Gasteiger partial charge is 0.319 e. The Morgan fingerprint density at radius 3 is 2.60 bits per heavy atom. The first-order chi connectivity index (χ1) is 19.5. The Balaban J connectivity index is 1.34. The summed E-state index contributed by atoms with van der Waals surface area (Å²) in [5.74, 6) is 0.0626. The van der Waals surface area contributed by atoms with Crippen molar-refractivity contribution in [3.63, 3.8) is 0 Å². The first-order valence-electron chi connectivity index (χ1n) is 14.2. The Kier molecular flexibility index (Phi) is 6.16. The topological polar surface area (TPSA) is 98.4 Å². The molecule has 4 aromatic rings. The molecule has 0 saturated carbocycles. The van der Waals surface area contributed by atoms with Crippen LogP contribution in [-0.2, 0) is 0 Å². The van der Waals surface area contributed by atoms with Gasteiger partial charge in [-0.05, 0) is 74.5 Å². The van der Waals surface area contributed by atoms with E-state index in [1.54, 1.807) is 18.3 Å². The lowest BCUT2D eigenvalue weighted by molar-refractivity contribution is 0.108. The van der Waals surface area contributed by atoms with E-state index in [2.05, 4.69) is 25.8 Å². The summed E-state index contributed by atoms with van der Waals surface area (Å²) in [5, 5.41) is 21.9. The zero-order valence-electron chi connectivity index (χ0n) is 22.3. The van der Waals surface area contributed by atoms with Crippen LogP contribution in [-0.4, -0.2) is 63.3 Å². The molecule has 0 spiro atoms. The number of piperidine rings is 1. The van der Waals surface area contributed by atoms with Crippen molar-refractivity contribution in [3.8, 4) is 29.1 Å². The molecule has 3 saturated heterocycles. The second kappa shape index (κ2) is 9.86. The SMILES string of the molecule is N#CC1CCN(c2nc(OCC34CCCN3CCC4)nc3c(F)c(-c4cc(O)cc5ccccc45)ncc23)CC1. The minimum absolute atomic E-state index is 0.00600. The van der Waals surface area contributed by atoms with Crippen LogP contribution in [0.25, 0.3) is 32.9 Å². The number of anilines is 1. The molecule has 0 atom stereocenters. The second-order valence-electron chi connectivity index (χ2n) is 11.3. The monoisotopic (exact) mass is 538 g/mol. The minimum Gasteiger partial charge on any atom is -0.508 e. The number of aromatic nitrogens is 3. The first kappa shape index (κ1) is 25.0. The Morgan fingerprint density at radius 2 is 1.82 bits per heavy atom. The van der Waals surface area contributed by atoms with Gasteiger partial charge < -0.3 is 14.7 Å². The van der Waals surface area contributed by atoms with Crippen LogP contribution >= 0.6 is 0 Å². The average Bonchev–Trinajstić information content (AvgIpc) is 3.56. The van der Waals surface area contributed by atoms with Crippen LogP contribution in [0.15, 0.2) is 42.6 Å². The molecule has 8 nitrogen and oxygen atoms in total. The van der Waals surface area contributed by atoms with Crippen LogP contribution in [0.1, 0.15) is 38.5 Å². The minimum atomic E-state index is -0.574. The number of phenols is 1. The lowest BCUT2D eigenvalue weighted by Gasteiger charge is -2.32. The third kappa shape index (κ3) is 4.18. The lowest BCUT2D eigenvalue weighted by atomic mass is 9.95. The van der Waals surface area contributed by atoms with Gasteiger partial charge in [0.15, 0.2) is 5.82 Å². The maximum Gasteiger partial charge on any atom is 0.319 e. The summed E-state index contributed by atoms with van der Waals surface area (Å²) < 4.78 is 22.7. The molecule has 3 aliphatic heterocycles. The van der Waals surface area contributed by atoms with E-state index in [1.807, 2.05) is 24.3 Å². The second-order valence-corrected chi connectivity index (χ2v) is 11.3. The van der Waals surface area contributed by atoms with Gasteiger partial charge in [0.1, 0.15) is 29.4 Å². The average molecular weight is 539 g/mol. The van der Waals surface area contributed by atoms with Gasteiger partial charge in [0.25, 0.3) is 0 Å². The summed E-state index contributed by atoms with van der Waals surface area (Å²) in [6.45, 7) is 3.93. The Labute approximate surface area is 232 Å². The lowest BCUT2D eigenvalue weighted by Crippen LogP contribution is -2.43. The molecule has 0 unspecified atom stereocenters. The molecule has 0 bridgehead atoms. The van der Waals surface area contributed by atoms with Gasteiger partial charge in [-0.15, -0.1) is 0 Å². The molecule has 9 heteroatoms. The van der Waals surface area contributed by atoms with Crippen molar-refractivity contribution in [1.82, 2.24) is 19.9 Å². The van der Waals surface area contributed by atoms with Gasteiger partial charge >= 0.3 is 6.01 Å². The van der Waals surface area contributed by atoms with Crippen molar-refractivity contribution >= 4 is 27.5 Å². The van der Waals surface area contributed by atoms with Crippen LogP contribution in [0.2, 0.25) is 0 Å². The number of nitrogens with zero attached hydrogens (tertiary/aromatic N) is 6. The molecule has 40 heavy (non-hydrogen) atoms. The number of aromatic hydroxyl groups is 1. The molecular formula is C31H31FN6O2. The zero-order valence-corrected chi connectivity index (χ0v) is 22.3. The highest BCUT2D eigenvalue weighted by Crippen LogP contribution is 2.40. The number of benzene rings is 2. The number of fused-ring (bicyclic) bond motifs is 3. The summed E-state index contributed by atoms with van der Waals surface area (Å²) in [5.41, 5.74) is 0.771. The van der Waals surface area contributed by atoms with Crippen LogP contribution in [0, 0.1) is 23.1 Å². The molecule has 0 radical (unpaired) electrons. The highest BCUT2D eigenvalue weighted by Gasteiger charge is 2.45. The molecule has 1 N–H and O–H groups in total. The molecule has 3 aliphatic rings. The molecule has 3 fully saturated rings. The summed E-state index contributed by atoms with van der Waals surface area (Å²) in [6.07, 6.45) is 7.55. The third-order valence-corrected chi connectivity index (χ3v) is 9.00. The van der Waals surface area contributed by atoms with Gasteiger partial charge in [-0.25, -0.2) is 4.39 Å². The summed E-state index contributed by atoms with van der Waals surface area (Å²) in [6, 6.07) is 13.3. The Morgan fingerprint density at radius 1 is 1.05 bits per heavy atom. The predicted molar refractivity (Wildman–Crippen MR) is 151 cm³/mol. The van der Waals surface area contributed by atoms with E-state index in [4.69, 9.17) is 9.72 Å². The summed E-state index contributed by atoms with van der Waals surface area (Å²) in [4.78, 5) is 18.6. The fraction of sp³-hybridized carbons (Fsp3) is 0.419. The molecule has 0 amide bonds. The largest absolute Gasteiger partial charge is 0.508 e. The Hall–Kier alpha value is -4.03. The number of phenolic OH excluding ortho intramolecular Hbond substituents is 1. The van der Waals surface area contributed by atoms with Crippen LogP contribution in [0.3, 0.4) is 0 Å². The maximum absolute atomic E-state index is 16.5. The van der Waals surface area contributed by atoms with Crippen molar-refractivity contribution in [2.24, 2.45) is 5.92 Å². The fourth-order valence-electron chi connectivity index (χ4n) is 6.89. The van der Waals surface area contributed by atoms with Gasteiger partial charge in [0.2, 0.25) is 0 Å². The Bertz CT molecular complexity index is 1640. The number of hydrogen-bond donors (Lipinski definition) is 1. The number of nitriles is 1. The fourth-order valence-corrected chi connectivity index (χ4v) is 6.89. The van der Waals surface area contributed by atoms with Gasteiger partial charge in [-0.3, -0.25) is 9.88 Å². The summed E-state index contributed by atoms with van der Waals surface area (Å²) >= 11 is 0. The molecule has 2 aromatic carbocycles. The number of hydrogen-bond acceptors (Lipinski definition) is 8. The van der Waals surface area contributed by atoms with Crippen LogP contribution in [0.5, 0.6) is 11.8 Å². The summed E-state index contributed by atoms with van der Waals surface area (Å²) in [7, 11) is 0. The maximum atomic E-state index is 16.5. The van der Waals surface area contributed by atoms with Crippen molar-refractivity contribution in [2.45, 2.75) is 44.1 Å². The number of ether oxygens (including phenoxy) is 1. The van der Waals surface area contributed by atoms with E-state index in [0.29, 0.717) is 36.5 Å². The van der Waals surface area contributed by atoms with Crippen LogP contribution < -0.4 is 9.64 Å². The predicted octanol–water partition coefficient (Wildman–Crippen LogP) is 5.44. The van der Waals surface area contributed by atoms with Gasteiger partial charge in [-0.2, -0.15) is 15.2 Å². The highest BCUT2D eigenvalue weighted by atomic mass is 19.1. The number of rotatable bonds is 5. The van der Waals surface area contributed by atoms with Crippen LogP contribution in [0.4, 0.5) is 10.2 Å². The van der Waals surface area contributed by atoms with E-state index in [-0.39, 0.29) is 34.4 Å². The van der Waals surface area contributed by atoms with Crippen molar-refractivity contribution in [2.75, 3.05) is 37.7 Å². The molecule has 0 aliphatic carbocycles. The zero-order chi connectivity index (χ0) is 27.3. The third-order valence-electron chi connectivity index (χ3n) is 9.00. The molecule has 7 rings (SSSR count). The molecule has 2 aromatic heterocycles. The first-order valence-corrected chi connectivity index (χ1v) is 14.2. The standard InChI is InChI=1S/C31H31FN6O2/c32-26-27(24-16-22(39)15-21-5-1-2-6-23(21)24)34-18-25-28(26)35-30(36-29(25)37-13-7-20(17-33)8-14-37)40-19-31-9-3-11-38(31)12-4-10-31/h1-2,5-6,15-16,18,20,39H,3-4,7-14,19H2. The van der Waals surface area contributed by atoms with Gasteiger partial charge in [0, 0.05) is 30.8 Å². The van der Waals surface area contributed by atoms with Gasteiger partial charge in [-0.1, -0.05) is 24.3 Å². The van der Waals surface area contributed by atoms with Gasteiger partial charge in [0.05, 0.1) is 17.0 Å². The number of pyridine rings is 1. The molecular weight excluding hydrogens is 507 g/mol. The van der Waals surface area contributed by atoms with Crippen molar-refractivity contribution < 1.29 is 14.2 Å². The molecule has 5 heterocycles. The van der Waals surface area contributed by atoms with Crippen molar-refractivity contribution in [3.05, 3.63) is 48.4 Å². The molecule has 204 valence electrons. The van der Waals surface area contributed by atoms with E-state index >= 15 is 4.39 Å². The van der Waals surface area contributed by atoms with E-state index < -0.39 is 5.82 Å². The van der Waals surface area contributed by atoms with E-state index in [1.165, 1.54) is 0 Å². The van der Waals surface area contributed by atoms with E-state index in [9.17, 15) is 10.4 Å². The van der Waals surface area contributed by atoms with E-state index in [0.717, 1.165) is 62.4 Å². The highest BCUT2D eigenvalue weighted by molar-refractivity contribution is 5.99. The normalized spacial score (nSPS) is 19.2. The number of halogens is 1.